The minimum absolute atomic E-state index is 0.113. The molecule has 2 bridgehead atoms. The van der Waals surface area contributed by atoms with E-state index in [-0.39, 0.29) is 35.5 Å². The molecule has 2 saturated carbocycles. The average molecular weight is 427 g/mol. The summed E-state index contributed by atoms with van der Waals surface area (Å²) in [5.41, 5.74) is -1.45. The fraction of sp³-hybridized carbons (Fsp3) is 0.667. The highest BCUT2D eigenvalue weighted by atomic mass is 19.4. The maximum Gasteiger partial charge on any atom is 0.433 e. The fourth-order valence-corrected chi connectivity index (χ4v) is 4.74. The molecule has 0 spiro atoms. The molecule has 1 aliphatic heterocycles. The van der Waals surface area contributed by atoms with Gasteiger partial charge in [-0.1, -0.05) is 0 Å². The number of halogens is 3. The number of ketones is 2. The van der Waals surface area contributed by atoms with E-state index < -0.39 is 36.0 Å². The minimum Gasteiger partial charge on any atom is -0.392 e. The molecule has 6 nitrogen and oxygen atoms in total. The van der Waals surface area contributed by atoms with Crippen molar-refractivity contribution in [2.24, 2.45) is 17.8 Å². The third kappa shape index (κ3) is 4.15. The molecule has 2 aliphatic carbocycles. The largest absolute Gasteiger partial charge is 0.433 e. The number of aromatic nitrogens is 1. The van der Waals surface area contributed by atoms with Gasteiger partial charge in [0.05, 0.1) is 18.4 Å². The van der Waals surface area contributed by atoms with Crippen molar-refractivity contribution in [1.82, 2.24) is 4.98 Å². The number of hydrogen-bond acceptors (Lipinski definition) is 6. The van der Waals surface area contributed by atoms with Crippen LogP contribution in [-0.4, -0.2) is 40.7 Å². The van der Waals surface area contributed by atoms with E-state index in [4.69, 9.17) is 9.47 Å². The number of carbonyl (C=O) groups is 2. The van der Waals surface area contributed by atoms with Crippen molar-refractivity contribution < 1.29 is 37.3 Å². The predicted octanol–water partition coefficient (Wildman–Crippen LogP) is 3.30. The van der Waals surface area contributed by atoms with Crippen molar-refractivity contribution in [2.45, 2.75) is 63.7 Å². The van der Waals surface area contributed by atoms with Crippen LogP contribution in [0.2, 0.25) is 0 Å². The minimum atomic E-state index is -4.68. The number of aliphatic hydroxyl groups excluding tert-OH is 1. The van der Waals surface area contributed by atoms with Crippen LogP contribution in [0.5, 0.6) is 0 Å². The molecule has 3 fully saturated rings. The van der Waals surface area contributed by atoms with Gasteiger partial charge < -0.3 is 14.6 Å². The second-order valence-corrected chi connectivity index (χ2v) is 8.30. The first-order valence-electron chi connectivity index (χ1n) is 10.3. The van der Waals surface area contributed by atoms with Crippen LogP contribution in [0.15, 0.2) is 12.1 Å². The van der Waals surface area contributed by atoms with Gasteiger partial charge in [0.25, 0.3) is 0 Å². The average Bonchev–Trinajstić information content (AvgIpc) is 3.18. The molecule has 1 aromatic rings. The maximum atomic E-state index is 13.2. The van der Waals surface area contributed by atoms with Crippen LogP contribution in [0.25, 0.3) is 0 Å². The quantitative estimate of drug-likeness (QED) is 0.573. The Morgan fingerprint density at radius 3 is 2.73 bits per heavy atom. The molecule has 4 rings (SSSR count). The zero-order valence-electron chi connectivity index (χ0n) is 16.4. The summed E-state index contributed by atoms with van der Waals surface area (Å²) in [7, 11) is 0. The molecule has 5 atom stereocenters. The van der Waals surface area contributed by atoms with Gasteiger partial charge in [0.1, 0.15) is 17.4 Å². The van der Waals surface area contributed by atoms with Crippen LogP contribution in [0.3, 0.4) is 0 Å². The molecule has 1 N–H and O–H groups in total. The van der Waals surface area contributed by atoms with E-state index in [1.54, 1.807) is 0 Å². The Morgan fingerprint density at radius 2 is 2.03 bits per heavy atom. The molecule has 2 heterocycles. The maximum absolute atomic E-state index is 13.2. The van der Waals surface area contributed by atoms with Crippen LogP contribution >= 0.6 is 0 Å². The SMILES string of the molecule is O=C(c1ccc(C(F)(F)F)nc1COC1CCCCO1)C1C(=O)C2CCC(C2)C1O. The summed E-state index contributed by atoms with van der Waals surface area (Å²) in [6.07, 6.45) is -2.16. The third-order valence-electron chi connectivity index (χ3n) is 6.36. The van der Waals surface area contributed by atoms with Crippen molar-refractivity contribution in [3.05, 3.63) is 29.1 Å². The van der Waals surface area contributed by atoms with Crippen LogP contribution in [0.1, 0.15) is 60.3 Å². The van der Waals surface area contributed by atoms with Gasteiger partial charge in [-0.15, -0.1) is 0 Å². The second kappa shape index (κ2) is 8.36. The van der Waals surface area contributed by atoms with E-state index in [1.165, 1.54) is 0 Å². The fourth-order valence-electron chi connectivity index (χ4n) is 4.74. The number of Topliss-reactive ketones (excluding diaryl/α,β-unsaturated/α-hetero) is 2. The summed E-state index contributed by atoms with van der Waals surface area (Å²) in [6.45, 7) is 0.150. The van der Waals surface area contributed by atoms with Crippen LogP contribution in [-0.2, 0) is 27.1 Å². The molecular formula is C21H24F3NO5. The number of fused-ring (bicyclic) bond motifs is 2. The number of hydrogen-bond donors (Lipinski definition) is 1. The van der Waals surface area contributed by atoms with Gasteiger partial charge in [0, 0.05) is 18.1 Å². The Hall–Kier alpha value is -1.84. The second-order valence-electron chi connectivity index (χ2n) is 8.30. The van der Waals surface area contributed by atoms with Crippen molar-refractivity contribution >= 4 is 11.6 Å². The lowest BCUT2D eigenvalue weighted by Gasteiger charge is -2.31. The Balaban J connectivity index is 1.62. The monoisotopic (exact) mass is 427 g/mol. The molecule has 3 aliphatic rings. The molecule has 1 saturated heterocycles. The Morgan fingerprint density at radius 1 is 1.23 bits per heavy atom. The molecule has 30 heavy (non-hydrogen) atoms. The molecule has 0 amide bonds. The van der Waals surface area contributed by atoms with Crippen molar-refractivity contribution in [3.63, 3.8) is 0 Å². The predicted molar refractivity (Wildman–Crippen MR) is 97.3 cm³/mol. The first kappa shape index (κ1) is 21.4. The van der Waals surface area contributed by atoms with E-state index in [2.05, 4.69) is 4.98 Å². The van der Waals surface area contributed by atoms with Gasteiger partial charge >= 0.3 is 6.18 Å². The number of ether oxygens (including phenoxy) is 2. The highest BCUT2D eigenvalue weighted by molar-refractivity contribution is 6.12. The molecule has 1 aromatic heterocycles. The Kier molecular flexibility index (Phi) is 5.96. The number of aliphatic hydroxyl groups is 1. The number of alkyl halides is 3. The lowest BCUT2D eigenvalue weighted by atomic mass is 9.74. The van der Waals surface area contributed by atoms with Gasteiger partial charge in [0.2, 0.25) is 0 Å². The highest BCUT2D eigenvalue weighted by Crippen LogP contribution is 2.44. The highest BCUT2D eigenvalue weighted by Gasteiger charge is 2.50. The summed E-state index contributed by atoms with van der Waals surface area (Å²) >= 11 is 0. The summed E-state index contributed by atoms with van der Waals surface area (Å²) in [5.74, 6) is -2.69. The number of nitrogens with zero attached hydrogens (tertiary/aromatic N) is 1. The van der Waals surface area contributed by atoms with Gasteiger partial charge in [-0.25, -0.2) is 4.98 Å². The molecule has 0 aromatic carbocycles. The lowest BCUT2D eigenvalue weighted by Crippen LogP contribution is -2.45. The summed E-state index contributed by atoms with van der Waals surface area (Å²) in [4.78, 5) is 29.5. The number of rotatable bonds is 5. The van der Waals surface area contributed by atoms with Crippen LogP contribution in [0, 0.1) is 17.8 Å². The van der Waals surface area contributed by atoms with Crippen molar-refractivity contribution in [2.75, 3.05) is 6.61 Å². The number of carbonyl (C=O) groups excluding carboxylic acids is 2. The van der Waals surface area contributed by atoms with Crippen LogP contribution in [0.4, 0.5) is 13.2 Å². The van der Waals surface area contributed by atoms with E-state index in [0.717, 1.165) is 25.0 Å². The lowest BCUT2D eigenvalue weighted by molar-refractivity contribution is -0.170. The molecule has 9 heteroatoms. The molecule has 0 radical (unpaired) electrons. The number of pyridine rings is 1. The van der Waals surface area contributed by atoms with E-state index in [1.807, 2.05) is 0 Å². The molecular weight excluding hydrogens is 403 g/mol. The smallest absolute Gasteiger partial charge is 0.392 e. The Labute approximate surface area is 171 Å². The van der Waals surface area contributed by atoms with Gasteiger partial charge in [-0.05, 0) is 56.6 Å². The normalized spacial score (nSPS) is 31.7. The standard InChI is InChI=1S/C21H24F3NO5/c22-21(23,24)15-7-6-13(14(25-15)10-30-16-3-1-2-8-29-16)20(28)17-18(26)11-4-5-12(9-11)19(17)27/h6-7,11-12,16-18,26H,1-5,8-10H2. The third-order valence-corrected chi connectivity index (χ3v) is 6.36. The van der Waals surface area contributed by atoms with E-state index >= 15 is 0 Å². The molecule has 5 unspecified atom stereocenters. The topological polar surface area (TPSA) is 85.7 Å². The van der Waals surface area contributed by atoms with Gasteiger partial charge in [0.15, 0.2) is 12.1 Å². The van der Waals surface area contributed by atoms with E-state index in [9.17, 15) is 27.9 Å². The summed E-state index contributed by atoms with van der Waals surface area (Å²) in [6, 6.07) is 1.76. The van der Waals surface area contributed by atoms with Crippen molar-refractivity contribution in [1.29, 1.82) is 0 Å². The first-order chi connectivity index (χ1) is 14.3. The van der Waals surface area contributed by atoms with Gasteiger partial charge in [-0.2, -0.15) is 13.2 Å². The summed E-state index contributed by atoms with van der Waals surface area (Å²) < 4.78 is 50.5. The van der Waals surface area contributed by atoms with Crippen molar-refractivity contribution in [3.8, 4) is 0 Å². The zero-order valence-corrected chi connectivity index (χ0v) is 16.4. The first-order valence-corrected chi connectivity index (χ1v) is 10.3. The van der Waals surface area contributed by atoms with E-state index in [0.29, 0.717) is 32.3 Å². The summed E-state index contributed by atoms with van der Waals surface area (Å²) in [5, 5.41) is 10.6. The molecule has 164 valence electrons. The van der Waals surface area contributed by atoms with Crippen LogP contribution < -0.4 is 0 Å². The van der Waals surface area contributed by atoms with Gasteiger partial charge in [-0.3, -0.25) is 9.59 Å². The zero-order chi connectivity index (χ0) is 21.5. The Bertz CT molecular complexity index is 821.